The first-order valence-corrected chi connectivity index (χ1v) is 32.3. The van der Waals surface area contributed by atoms with Gasteiger partial charge < -0.3 is 51.9 Å². The minimum absolute atomic E-state index is 0.0209. The van der Waals surface area contributed by atoms with E-state index in [1.807, 2.05) is 0 Å². The molecule has 6 aliphatic rings. The second-order valence-electron chi connectivity index (χ2n) is 27.1. The summed E-state index contributed by atoms with van der Waals surface area (Å²) in [6.07, 6.45) is 8.82. The van der Waals surface area contributed by atoms with Crippen molar-refractivity contribution in [3.63, 3.8) is 0 Å². The SMILES string of the molecule is CC(C)[C@@H]1CC[C@@H](C)C[C@H]1C(=O)NCc1cccc(CC(C)[C@@H]2CC[C@@H](C)C[C@H]2C(=O)NCc2ccccc2N2CCN(C(=O)CN)C(C3C[C@@H](C(C)C)[C@H](C(=O)NCc4ccc(N5CCNCC5)cc4)C[C@@H]3C)C2)c1N1CCNCC1. The van der Waals surface area contributed by atoms with Gasteiger partial charge in [-0.3, -0.25) is 19.2 Å². The highest BCUT2D eigenvalue weighted by molar-refractivity contribution is 5.81. The van der Waals surface area contributed by atoms with E-state index in [1.54, 1.807) is 0 Å². The highest BCUT2D eigenvalue weighted by atomic mass is 16.2. The highest BCUT2D eigenvalue weighted by Gasteiger charge is 2.47. The smallest absolute Gasteiger partial charge is 0.236 e. The molecule has 0 radical (unpaired) electrons. The summed E-state index contributed by atoms with van der Waals surface area (Å²) in [6, 6.07) is 23.8. The van der Waals surface area contributed by atoms with Crippen molar-refractivity contribution in [1.82, 2.24) is 31.5 Å². The first-order valence-electron chi connectivity index (χ1n) is 32.3. The minimum atomic E-state index is -0.108. The number of rotatable bonds is 19. The van der Waals surface area contributed by atoms with E-state index in [9.17, 15) is 19.2 Å². The maximum Gasteiger partial charge on any atom is 0.236 e. The van der Waals surface area contributed by atoms with Gasteiger partial charge in [-0.2, -0.15) is 0 Å². The van der Waals surface area contributed by atoms with E-state index in [2.05, 4.69) is 168 Å². The van der Waals surface area contributed by atoms with Gasteiger partial charge in [-0.15, -0.1) is 0 Å². The molecular formula is C68H104N10O4. The minimum Gasteiger partial charge on any atom is -0.369 e. The van der Waals surface area contributed by atoms with Crippen LogP contribution >= 0.6 is 0 Å². The van der Waals surface area contributed by atoms with E-state index in [0.717, 1.165) is 121 Å². The number of anilines is 3. The Bertz CT molecular complexity index is 2580. The predicted molar refractivity (Wildman–Crippen MR) is 333 cm³/mol. The molecule has 3 aromatic rings. The van der Waals surface area contributed by atoms with Crippen molar-refractivity contribution < 1.29 is 19.2 Å². The third kappa shape index (κ3) is 14.8. The molecule has 7 N–H and O–H groups in total. The Morgan fingerprint density at radius 3 is 1.74 bits per heavy atom. The number of carbonyl (C=O) groups excluding carboxylic acids is 4. The Morgan fingerprint density at radius 2 is 1.11 bits per heavy atom. The molecule has 3 saturated heterocycles. The molecule has 9 rings (SSSR count). The summed E-state index contributed by atoms with van der Waals surface area (Å²) < 4.78 is 0. The molecule has 3 aliphatic heterocycles. The second-order valence-corrected chi connectivity index (χ2v) is 27.1. The average Bonchev–Trinajstić information content (AvgIpc) is 3.52. The van der Waals surface area contributed by atoms with E-state index in [4.69, 9.17) is 5.73 Å². The van der Waals surface area contributed by atoms with E-state index in [0.29, 0.717) is 68.9 Å². The summed E-state index contributed by atoms with van der Waals surface area (Å²) in [7, 11) is 0. The molecule has 4 amide bonds. The van der Waals surface area contributed by atoms with Crippen molar-refractivity contribution >= 4 is 40.7 Å². The second kappa shape index (κ2) is 28.6. The van der Waals surface area contributed by atoms with Crippen LogP contribution in [0.4, 0.5) is 17.1 Å². The number of hydrogen-bond donors (Lipinski definition) is 6. The van der Waals surface area contributed by atoms with Crippen LogP contribution in [0.15, 0.2) is 66.7 Å². The number of carbonyl (C=O) groups is 4. The van der Waals surface area contributed by atoms with Gasteiger partial charge in [0.25, 0.3) is 0 Å². The molecule has 0 aromatic heterocycles. The fourth-order valence-corrected chi connectivity index (χ4v) is 16.2. The van der Waals surface area contributed by atoms with E-state index in [-0.39, 0.29) is 83.6 Å². The van der Waals surface area contributed by atoms with Crippen LogP contribution in [-0.4, -0.2) is 113 Å². The van der Waals surface area contributed by atoms with Crippen LogP contribution in [0, 0.1) is 76.9 Å². The van der Waals surface area contributed by atoms with Gasteiger partial charge in [-0.05, 0) is 145 Å². The molecule has 450 valence electrons. The summed E-state index contributed by atoms with van der Waals surface area (Å²) in [5.74, 6) is 3.63. The van der Waals surface area contributed by atoms with Crippen LogP contribution in [0.3, 0.4) is 0 Å². The molecular weight excluding hydrogens is 1020 g/mol. The lowest BCUT2D eigenvalue weighted by Gasteiger charge is -2.51. The van der Waals surface area contributed by atoms with E-state index < -0.39 is 0 Å². The van der Waals surface area contributed by atoms with Crippen LogP contribution in [0.5, 0.6) is 0 Å². The fraction of sp³-hybridized carbons (Fsp3) is 0.676. The molecule has 3 saturated carbocycles. The summed E-state index contributed by atoms with van der Waals surface area (Å²) in [5.41, 5.74) is 14.4. The number of nitrogens with one attached hydrogen (secondary N) is 5. The third-order valence-corrected chi connectivity index (χ3v) is 20.9. The van der Waals surface area contributed by atoms with Crippen molar-refractivity contribution in [2.45, 2.75) is 139 Å². The monoisotopic (exact) mass is 1120 g/mol. The molecule has 12 atom stereocenters. The first kappa shape index (κ1) is 61.4. The van der Waals surface area contributed by atoms with Gasteiger partial charge in [0.1, 0.15) is 0 Å². The van der Waals surface area contributed by atoms with Gasteiger partial charge in [0, 0.05) is 126 Å². The Hall–Kier alpha value is -5.18. The van der Waals surface area contributed by atoms with Crippen molar-refractivity contribution in [1.29, 1.82) is 0 Å². The van der Waals surface area contributed by atoms with Gasteiger partial charge in [-0.1, -0.05) is 117 Å². The molecule has 3 unspecified atom stereocenters. The van der Waals surface area contributed by atoms with Crippen LogP contribution in [0.2, 0.25) is 0 Å². The molecule has 6 fully saturated rings. The molecule has 3 aliphatic carbocycles. The molecule has 14 heteroatoms. The number of hydrogen-bond acceptors (Lipinski definition) is 10. The number of nitrogens with zero attached hydrogens (tertiary/aromatic N) is 4. The molecule has 3 heterocycles. The Labute approximate surface area is 493 Å². The highest BCUT2D eigenvalue weighted by Crippen LogP contribution is 2.46. The summed E-state index contributed by atoms with van der Waals surface area (Å²) in [6.45, 7) is 29.3. The van der Waals surface area contributed by atoms with Crippen molar-refractivity contribution in [3.8, 4) is 0 Å². The lowest BCUT2D eigenvalue weighted by Crippen LogP contribution is -2.61. The largest absolute Gasteiger partial charge is 0.369 e. The molecule has 82 heavy (non-hydrogen) atoms. The summed E-state index contributed by atoms with van der Waals surface area (Å²) in [5, 5.41) is 17.3. The topological polar surface area (TPSA) is 167 Å². The van der Waals surface area contributed by atoms with Crippen molar-refractivity contribution in [2.75, 3.05) is 93.2 Å². The lowest BCUT2D eigenvalue weighted by molar-refractivity contribution is -0.138. The standard InChI is InChI=1S/C68H104N10O4/c1-44(2)55-22-16-46(5)34-59(55)66(80)74-42-53-14-11-13-51(65(53)76-30-26-71-27-31-76)36-48(7)56-23-17-47(6)35-60(56)67(81)73-41-52-12-9-10-15-62(52)77-32-33-78(64(79)39-69)63(43-77)58-38-57(45(3)4)61(37-49(58)8)68(82)72-40-50-18-20-54(21-19-50)75-28-24-70-25-29-75/h9-15,18-21,44-49,55-61,63,70-71H,16-17,22-43,69H2,1-8H3,(H,72,82)(H,73,81)(H,74,80)/t46-,47-,48?,49+,55+,56+,57+,58?,59-,60-,61-,63?/m1/s1. The predicted octanol–water partition coefficient (Wildman–Crippen LogP) is 8.60. The third-order valence-electron chi connectivity index (χ3n) is 20.9. The zero-order valence-corrected chi connectivity index (χ0v) is 51.4. The Morgan fingerprint density at radius 1 is 0.561 bits per heavy atom. The van der Waals surface area contributed by atoms with Gasteiger partial charge in [0.2, 0.25) is 23.6 Å². The normalized spacial score (nSPS) is 28.6. The number of nitrogens with two attached hydrogens (primary N) is 1. The zero-order chi connectivity index (χ0) is 58.0. The molecule has 0 bridgehead atoms. The van der Waals surface area contributed by atoms with Gasteiger partial charge in [0.05, 0.1) is 12.6 Å². The quantitative estimate of drug-likeness (QED) is 0.0685. The van der Waals surface area contributed by atoms with E-state index >= 15 is 0 Å². The fourth-order valence-electron chi connectivity index (χ4n) is 16.2. The first-order chi connectivity index (χ1) is 39.6. The number of para-hydroxylation sites is 2. The average molecular weight is 1130 g/mol. The van der Waals surface area contributed by atoms with Gasteiger partial charge in [0.15, 0.2) is 0 Å². The maximum absolute atomic E-state index is 14.8. The maximum atomic E-state index is 14.8. The molecule has 0 spiro atoms. The van der Waals surface area contributed by atoms with Gasteiger partial charge in [-0.25, -0.2) is 0 Å². The molecule has 3 aromatic carbocycles. The Balaban J connectivity index is 0.856. The number of amides is 4. The van der Waals surface area contributed by atoms with E-state index in [1.165, 1.54) is 28.9 Å². The zero-order valence-electron chi connectivity index (χ0n) is 51.4. The van der Waals surface area contributed by atoms with Crippen molar-refractivity contribution in [3.05, 3.63) is 89.0 Å². The van der Waals surface area contributed by atoms with Crippen molar-refractivity contribution in [2.24, 2.45) is 82.7 Å². The Kier molecular flexibility index (Phi) is 21.4. The number of benzene rings is 3. The van der Waals surface area contributed by atoms with Crippen LogP contribution in [0.1, 0.15) is 129 Å². The van der Waals surface area contributed by atoms with Crippen LogP contribution < -0.4 is 47.0 Å². The lowest BCUT2D eigenvalue weighted by atomic mass is 9.62. The van der Waals surface area contributed by atoms with Crippen LogP contribution in [-0.2, 0) is 45.2 Å². The van der Waals surface area contributed by atoms with Gasteiger partial charge >= 0.3 is 0 Å². The van der Waals surface area contributed by atoms with Crippen LogP contribution in [0.25, 0.3) is 0 Å². The number of piperazine rings is 3. The summed E-state index contributed by atoms with van der Waals surface area (Å²) >= 11 is 0. The molecule has 14 nitrogen and oxygen atoms in total. The summed E-state index contributed by atoms with van der Waals surface area (Å²) in [4.78, 5) is 66.2.